The standard InChI is InChI=1S/C26H26Br2N2O4S/c1-3-34-24-13-10-22(28)15-25(24)35(32,33)29-23-11-6-19(7-12-23)26(31)30-16-20(14-17(30)2)18-4-8-21(27)9-5-18/h4-13,15,17,20,29H,3,14,16H2,1-2H3. The number of carbonyl (C=O) groups is 1. The number of carbonyl (C=O) groups excluding carboxylic acids is 1. The first-order valence-electron chi connectivity index (χ1n) is 11.3. The fourth-order valence-electron chi connectivity index (χ4n) is 4.31. The summed E-state index contributed by atoms with van der Waals surface area (Å²) >= 11 is 6.78. The molecule has 0 radical (unpaired) electrons. The Morgan fingerprint density at radius 3 is 2.34 bits per heavy atom. The van der Waals surface area contributed by atoms with Crippen LogP contribution in [0.4, 0.5) is 5.69 Å². The molecule has 3 aromatic rings. The number of likely N-dealkylation sites (tertiary alicyclic amines) is 1. The van der Waals surface area contributed by atoms with Crippen LogP contribution >= 0.6 is 31.9 Å². The van der Waals surface area contributed by atoms with E-state index in [-0.39, 0.29) is 28.5 Å². The molecule has 1 fully saturated rings. The van der Waals surface area contributed by atoms with Crippen molar-refractivity contribution >= 4 is 53.5 Å². The number of anilines is 1. The highest BCUT2D eigenvalue weighted by molar-refractivity contribution is 9.10. The van der Waals surface area contributed by atoms with Crippen LogP contribution in [-0.4, -0.2) is 38.4 Å². The highest BCUT2D eigenvalue weighted by Crippen LogP contribution is 2.34. The number of nitrogens with one attached hydrogen (secondary N) is 1. The Bertz CT molecular complexity index is 1310. The molecule has 1 aliphatic rings. The third kappa shape index (κ3) is 5.90. The summed E-state index contributed by atoms with van der Waals surface area (Å²) in [6.07, 6.45) is 0.903. The van der Waals surface area contributed by atoms with Gasteiger partial charge in [0.1, 0.15) is 10.6 Å². The highest BCUT2D eigenvalue weighted by atomic mass is 79.9. The molecule has 35 heavy (non-hydrogen) atoms. The number of rotatable bonds is 7. The highest BCUT2D eigenvalue weighted by Gasteiger charge is 2.33. The minimum absolute atomic E-state index is 0.0405. The zero-order valence-electron chi connectivity index (χ0n) is 19.4. The molecule has 0 aliphatic carbocycles. The molecule has 9 heteroatoms. The van der Waals surface area contributed by atoms with Crippen LogP contribution in [0.15, 0.2) is 80.6 Å². The first kappa shape index (κ1) is 25.7. The Balaban J connectivity index is 1.48. The molecule has 1 aliphatic heterocycles. The lowest BCUT2D eigenvalue weighted by molar-refractivity contribution is 0.0746. The van der Waals surface area contributed by atoms with Crippen molar-refractivity contribution in [3.05, 3.63) is 86.8 Å². The van der Waals surface area contributed by atoms with Gasteiger partial charge in [0, 0.05) is 38.7 Å². The molecule has 0 saturated carbocycles. The normalized spacial score (nSPS) is 17.9. The Labute approximate surface area is 223 Å². The van der Waals surface area contributed by atoms with Crippen LogP contribution in [0.25, 0.3) is 0 Å². The van der Waals surface area contributed by atoms with Crippen molar-refractivity contribution in [3.63, 3.8) is 0 Å². The van der Waals surface area contributed by atoms with E-state index < -0.39 is 10.0 Å². The van der Waals surface area contributed by atoms with Gasteiger partial charge in [0.15, 0.2) is 0 Å². The molecule has 1 heterocycles. The molecular formula is C26H26Br2N2O4S. The maximum absolute atomic E-state index is 13.2. The first-order valence-corrected chi connectivity index (χ1v) is 14.4. The number of benzene rings is 3. The number of amides is 1. The lowest BCUT2D eigenvalue weighted by Gasteiger charge is -2.22. The zero-order valence-corrected chi connectivity index (χ0v) is 23.4. The Hall–Kier alpha value is -2.36. The zero-order chi connectivity index (χ0) is 25.2. The van der Waals surface area contributed by atoms with Gasteiger partial charge in [-0.2, -0.15) is 0 Å². The van der Waals surface area contributed by atoms with Crippen LogP contribution in [-0.2, 0) is 10.0 Å². The Morgan fingerprint density at radius 2 is 1.69 bits per heavy atom. The number of hydrogen-bond donors (Lipinski definition) is 1. The summed E-state index contributed by atoms with van der Waals surface area (Å²) in [5.74, 6) is 0.508. The number of hydrogen-bond acceptors (Lipinski definition) is 4. The SMILES string of the molecule is CCOc1ccc(Br)cc1S(=O)(=O)Nc1ccc(C(=O)N2CC(c3ccc(Br)cc3)CC2C)cc1. The van der Waals surface area contributed by atoms with Crippen LogP contribution in [0.5, 0.6) is 5.75 Å². The second-order valence-electron chi connectivity index (χ2n) is 8.50. The fourth-order valence-corrected chi connectivity index (χ4v) is 6.32. The topological polar surface area (TPSA) is 75.7 Å². The van der Waals surface area contributed by atoms with E-state index in [1.54, 1.807) is 43.3 Å². The first-order chi connectivity index (χ1) is 16.7. The summed E-state index contributed by atoms with van der Waals surface area (Å²) in [4.78, 5) is 15.1. The molecular weight excluding hydrogens is 596 g/mol. The second kappa shape index (κ2) is 10.7. The molecule has 2 unspecified atom stereocenters. The van der Waals surface area contributed by atoms with Gasteiger partial charge in [0.2, 0.25) is 0 Å². The van der Waals surface area contributed by atoms with Gasteiger partial charge in [-0.15, -0.1) is 0 Å². The van der Waals surface area contributed by atoms with Gasteiger partial charge in [-0.3, -0.25) is 9.52 Å². The number of halogens is 2. The second-order valence-corrected chi connectivity index (χ2v) is 12.0. The van der Waals surface area contributed by atoms with Crippen molar-refractivity contribution in [1.82, 2.24) is 4.90 Å². The summed E-state index contributed by atoms with van der Waals surface area (Å²) < 4.78 is 35.8. The van der Waals surface area contributed by atoms with Gasteiger partial charge in [-0.1, -0.05) is 44.0 Å². The third-order valence-corrected chi connectivity index (χ3v) is 8.48. The van der Waals surface area contributed by atoms with Crippen molar-refractivity contribution in [1.29, 1.82) is 0 Å². The van der Waals surface area contributed by atoms with Gasteiger partial charge >= 0.3 is 0 Å². The fraction of sp³-hybridized carbons (Fsp3) is 0.269. The average molecular weight is 622 g/mol. The van der Waals surface area contributed by atoms with Gasteiger partial charge in [0.05, 0.1) is 6.61 Å². The lowest BCUT2D eigenvalue weighted by Crippen LogP contribution is -2.33. The van der Waals surface area contributed by atoms with E-state index in [0.717, 1.165) is 10.9 Å². The number of nitrogens with zero attached hydrogens (tertiary/aromatic N) is 1. The molecule has 4 rings (SSSR count). The van der Waals surface area contributed by atoms with Crippen LogP contribution in [0, 0.1) is 0 Å². The molecule has 1 amide bonds. The Morgan fingerprint density at radius 1 is 1.03 bits per heavy atom. The van der Waals surface area contributed by atoms with Gasteiger partial charge in [-0.05, 0) is 80.4 Å². The van der Waals surface area contributed by atoms with Gasteiger partial charge in [0.25, 0.3) is 15.9 Å². The van der Waals surface area contributed by atoms with Gasteiger partial charge in [-0.25, -0.2) is 8.42 Å². The van der Waals surface area contributed by atoms with Crippen molar-refractivity contribution in [2.24, 2.45) is 0 Å². The molecule has 0 bridgehead atoms. The molecule has 3 aromatic carbocycles. The smallest absolute Gasteiger partial charge is 0.265 e. The molecule has 6 nitrogen and oxygen atoms in total. The minimum atomic E-state index is -3.89. The summed E-state index contributed by atoms with van der Waals surface area (Å²) in [5.41, 5.74) is 2.11. The summed E-state index contributed by atoms with van der Waals surface area (Å²) in [7, 11) is -3.89. The number of ether oxygens (including phenoxy) is 1. The summed E-state index contributed by atoms with van der Waals surface area (Å²) in [5, 5.41) is 0. The van der Waals surface area contributed by atoms with Crippen LogP contribution < -0.4 is 9.46 Å². The van der Waals surface area contributed by atoms with Crippen LogP contribution in [0.1, 0.15) is 42.1 Å². The van der Waals surface area contributed by atoms with E-state index in [1.165, 1.54) is 11.6 Å². The quantitative estimate of drug-likeness (QED) is 0.330. The van der Waals surface area contributed by atoms with Crippen molar-refractivity contribution < 1.29 is 17.9 Å². The minimum Gasteiger partial charge on any atom is -0.492 e. The van der Waals surface area contributed by atoms with E-state index in [4.69, 9.17) is 4.74 Å². The van der Waals surface area contributed by atoms with Crippen molar-refractivity contribution in [2.75, 3.05) is 17.9 Å². The van der Waals surface area contributed by atoms with E-state index in [2.05, 4.69) is 55.6 Å². The molecule has 0 aromatic heterocycles. The van der Waals surface area contributed by atoms with Crippen LogP contribution in [0.2, 0.25) is 0 Å². The maximum atomic E-state index is 13.2. The van der Waals surface area contributed by atoms with Crippen LogP contribution in [0.3, 0.4) is 0 Å². The molecule has 184 valence electrons. The number of sulfonamides is 1. The van der Waals surface area contributed by atoms with Crippen molar-refractivity contribution in [3.8, 4) is 5.75 Å². The lowest BCUT2D eigenvalue weighted by atomic mass is 9.97. The largest absolute Gasteiger partial charge is 0.492 e. The Kier molecular flexibility index (Phi) is 7.88. The predicted octanol–water partition coefficient (Wildman–Crippen LogP) is 6.43. The van der Waals surface area contributed by atoms with Gasteiger partial charge < -0.3 is 9.64 Å². The average Bonchev–Trinajstić information content (AvgIpc) is 3.22. The molecule has 1 saturated heterocycles. The van der Waals surface area contributed by atoms with E-state index >= 15 is 0 Å². The van der Waals surface area contributed by atoms with E-state index in [1.807, 2.05) is 17.0 Å². The molecule has 2 atom stereocenters. The van der Waals surface area contributed by atoms with E-state index in [9.17, 15) is 13.2 Å². The van der Waals surface area contributed by atoms with Crippen molar-refractivity contribution in [2.45, 2.75) is 37.1 Å². The predicted molar refractivity (Wildman–Crippen MR) is 145 cm³/mol. The molecule has 0 spiro atoms. The monoisotopic (exact) mass is 620 g/mol. The summed E-state index contributed by atoms with van der Waals surface area (Å²) in [6, 6.07) is 19.7. The molecule has 1 N–H and O–H groups in total. The third-order valence-electron chi connectivity index (χ3n) is 6.06. The summed E-state index contributed by atoms with van der Waals surface area (Å²) in [6.45, 7) is 4.86. The maximum Gasteiger partial charge on any atom is 0.265 e. The van der Waals surface area contributed by atoms with E-state index in [0.29, 0.717) is 28.9 Å².